The smallest absolute Gasteiger partial charge is 0.119 e. The van der Waals surface area contributed by atoms with E-state index in [1.807, 2.05) is 6.20 Å². The Bertz CT molecular complexity index is 519. The number of hydrogen-bond acceptors (Lipinski definition) is 2. The Hall–Kier alpha value is -1.77. The van der Waals surface area contributed by atoms with E-state index in [0.29, 0.717) is 0 Å². The Labute approximate surface area is 107 Å². The summed E-state index contributed by atoms with van der Waals surface area (Å²) in [4.78, 5) is 7.28. The zero-order valence-corrected chi connectivity index (χ0v) is 10.6. The Morgan fingerprint density at radius 2 is 2.33 bits per heavy atom. The Morgan fingerprint density at radius 1 is 1.39 bits per heavy atom. The molecule has 18 heavy (non-hydrogen) atoms. The highest BCUT2D eigenvalue weighted by atomic mass is 16.5. The van der Waals surface area contributed by atoms with Gasteiger partial charge in [0.1, 0.15) is 5.75 Å². The number of nitrogens with one attached hydrogen (secondary N) is 1. The second-order valence-electron chi connectivity index (χ2n) is 5.02. The van der Waals surface area contributed by atoms with Crippen molar-refractivity contribution in [3.05, 3.63) is 47.5 Å². The van der Waals surface area contributed by atoms with Crippen molar-refractivity contribution in [1.82, 2.24) is 9.97 Å². The van der Waals surface area contributed by atoms with Crippen LogP contribution in [0.1, 0.15) is 23.2 Å². The Morgan fingerprint density at radius 3 is 3.11 bits per heavy atom. The molecule has 3 heteroatoms. The van der Waals surface area contributed by atoms with E-state index in [4.69, 9.17) is 4.74 Å². The number of ether oxygens (including phenoxy) is 1. The minimum absolute atomic E-state index is 0.728. The molecule has 1 aromatic carbocycles. The molecule has 1 atom stereocenters. The number of rotatable bonds is 3. The van der Waals surface area contributed by atoms with Gasteiger partial charge in [-0.15, -0.1) is 0 Å². The molecule has 0 saturated carbocycles. The summed E-state index contributed by atoms with van der Waals surface area (Å²) in [5, 5.41) is 0. The van der Waals surface area contributed by atoms with E-state index in [9.17, 15) is 0 Å². The van der Waals surface area contributed by atoms with Gasteiger partial charge in [0.2, 0.25) is 0 Å². The van der Waals surface area contributed by atoms with Crippen molar-refractivity contribution in [1.29, 1.82) is 0 Å². The lowest BCUT2D eigenvalue weighted by atomic mass is 9.81. The number of nitrogens with zero attached hydrogens (tertiary/aromatic N) is 1. The van der Waals surface area contributed by atoms with Crippen molar-refractivity contribution >= 4 is 0 Å². The van der Waals surface area contributed by atoms with Crippen LogP contribution in [0.4, 0.5) is 0 Å². The molecule has 1 unspecified atom stereocenters. The van der Waals surface area contributed by atoms with Crippen LogP contribution < -0.4 is 4.74 Å². The largest absolute Gasteiger partial charge is 0.497 e. The number of H-pyrrole nitrogens is 1. The van der Waals surface area contributed by atoms with Gasteiger partial charge >= 0.3 is 0 Å². The first kappa shape index (κ1) is 11.3. The topological polar surface area (TPSA) is 37.9 Å². The molecule has 1 aliphatic rings. The van der Waals surface area contributed by atoms with Gasteiger partial charge in [-0.25, -0.2) is 4.98 Å². The Kier molecular flexibility index (Phi) is 3.05. The summed E-state index contributed by atoms with van der Waals surface area (Å²) in [5.74, 6) is 1.70. The van der Waals surface area contributed by atoms with Gasteiger partial charge in [0.05, 0.1) is 13.4 Å². The van der Waals surface area contributed by atoms with Gasteiger partial charge < -0.3 is 9.72 Å². The maximum atomic E-state index is 5.28. The summed E-state index contributed by atoms with van der Waals surface area (Å²) < 4.78 is 5.28. The van der Waals surface area contributed by atoms with Crippen LogP contribution in [0, 0.1) is 5.92 Å². The SMILES string of the molecule is COc1ccc2c(c1)CCC(Cc1cnc[nH]1)C2. The van der Waals surface area contributed by atoms with Crippen molar-refractivity contribution in [2.24, 2.45) is 5.92 Å². The van der Waals surface area contributed by atoms with E-state index in [1.54, 1.807) is 13.4 Å². The molecule has 0 spiro atoms. The van der Waals surface area contributed by atoms with E-state index < -0.39 is 0 Å². The number of methoxy groups -OCH3 is 1. The first-order valence-electron chi connectivity index (χ1n) is 6.48. The number of aromatic amines is 1. The third-order valence-electron chi connectivity index (χ3n) is 3.81. The zero-order valence-electron chi connectivity index (χ0n) is 10.6. The lowest BCUT2D eigenvalue weighted by Gasteiger charge is -2.24. The second-order valence-corrected chi connectivity index (χ2v) is 5.02. The summed E-state index contributed by atoms with van der Waals surface area (Å²) in [6, 6.07) is 6.46. The molecule has 1 aliphatic carbocycles. The summed E-state index contributed by atoms with van der Waals surface area (Å²) in [6.45, 7) is 0. The predicted molar refractivity (Wildman–Crippen MR) is 70.8 cm³/mol. The van der Waals surface area contributed by atoms with Crippen LogP contribution in [0.15, 0.2) is 30.7 Å². The van der Waals surface area contributed by atoms with Crippen LogP contribution in [0.2, 0.25) is 0 Å². The normalized spacial score (nSPS) is 18.4. The molecule has 3 rings (SSSR count). The molecule has 2 aromatic rings. The van der Waals surface area contributed by atoms with Crippen molar-refractivity contribution < 1.29 is 4.74 Å². The zero-order chi connectivity index (χ0) is 12.4. The number of benzene rings is 1. The maximum Gasteiger partial charge on any atom is 0.119 e. The average Bonchev–Trinajstić information content (AvgIpc) is 2.91. The molecule has 94 valence electrons. The molecular formula is C15H18N2O. The van der Waals surface area contributed by atoms with Crippen molar-refractivity contribution in [3.8, 4) is 5.75 Å². The van der Waals surface area contributed by atoms with Crippen LogP contribution in [0.25, 0.3) is 0 Å². The average molecular weight is 242 g/mol. The van der Waals surface area contributed by atoms with Crippen molar-refractivity contribution in [2.45, 2.75) is 25.7 Å². The fraction of sp³-hybridized carbons (Fsp3) is 0.400. The van der Waals surface area contributed by atoms with Gasteiger partial charge in [0.25, 0.3) is 0 Å². The van der Waals surface area contributed by atoms with Crippen molar-refractivity contribution in [3.63, 3.8) is 0 Å². The minimum Gasteiger partial charge on any atom is -0.497 e. The highest BCUT2D eigenvalue weighted by Crippen LogP contribution is 2.30. The third kappa shape index (κ3) is 2.26. The van der Waals surface area contributed by atoms with Crippen molar-refractivity contribution in [2.75, 3.05) is 7.11 Å². The molecule has 1 N–H and O–H groups in total. The first-order chi connectivity index (χ1) is 8.85. The fourth-order valence-electron chi connectivity index (χ4n) is 2.82. The number of imidazole rings is 1. The van der Waals surface area contributed by atoms with Crippen LogP contribution in [-0.4, -0.2) is 17.1 Å². The van der Waals surface area contributed by atoms with Crippen LogP contribution in [-0.2, 0) is 19.3 Å². The number of aromatic nitrogens is 2. The van der Waals surface area contributed by atoms with Gasteiger partial charge in [0.15, 0.2) is 0 Å². The fourth-order valence-corrected chi connectivity index (χ4v) is 2.82. The Balaban J connectivity index is 1.73. The van der Waals surface area contributed by atoms with Crippen LogP contribution in [0.5, 0.6) is 5.75 Å². The predicted octanol–water partition coefficient (Wildman–Crippen LogP) is 2.77. The molecule has 0 bridgehead atoms. The molecule has 0 aliphatic heterocycles. The molecule has 1 heterocycles. The summed E-state index contributed by atoms with van der Waals surface area (Å²) in [5.41, 5.74) is 4.18. The summed E-state index contributed by atoms with van der Waals surface area (Å²) >= 11 is 0. The lowest BCUT2D eigenvalue weighted by Crippen LogP contribution is -2.16. The number of fused-ring (bicyclic) bond motifs is 1. The molecule has 0 radical (unpaired) electrons. The van der Waals surface area contributed by atoms with Crippen LogP contribution in [0.3, 0.4) is 0 Å². The number of aryl methyl sites for hydroxylation is 1. The molecule has 0 saturated heterocycles. The van der Waals surface area contributed by atoms with Gasteiger partial charge in [0, 0.05) is 11.9 Å². The highest BCUT2D eigenvalue weighted by Gasteiger charge is 2.19. The molecule has 1 aromatic heterocycles. The standard InChI is InChI=1S/C15H18N2O/c1-18-15-5-4-12-6-11(2-3-13(12)8-15)7-14-9-16-10-17-14/h4-5,8-11H,2-3,6-7H2,1H3,(H,16,17). The van der Waals surface area contributed by atoms with E-state index in [-0.39, 0.29) is 0 Å². The molecule has 3 nitrogen and oxygen atoms in total. The van der Waals surface area contributed by atoms with E-state index in [1.165, 1.54) is 29.7 Å². The number of hydrogen-bond donors (Lipinski definition) is 1. The van der Waals surface area contributed by atoms with Gasteiger partial charge in [-0.1, -0.05) is 6.07 Å². The molecule has 0 amide bonds. The van der Waals surface area contributed by atoms with E-state index in [0.717, 1.165) is 24.5 Å². The van der Waals surface area contributed by atoms with E-state index >= 15 is 0 Å². The molecular weight excluding hydrogens is 224 g/mol. The summed E-state index contributed by atoms with van der Waals surface area (Å²) in [7, 11) is 1.73. The molecule has 0 fully saturated rings. The van der Waals surface area contributed by atoms with Gasteiger partial charge in [-0.05, 0) is 54.9 Å². The quantitative estimate of drug-likeness (QED) is 0.898. The second kappa shape index (κ2) is 4.84. The monoisotopic (exact) mass is 242 g/mol. The van der Waals surface area contributed by atoms with Gasteiger partial charge in [-0.2, -0.15) is 0 Å². The van der Waals surface area contributed by atoms with Crippen LogP contribution >= 0.6 is 0 Å². The third-order valence-corrected chi connectivity index (χ3v) is 3.81. The minimum atomic E-state index is 0.728. The first-order valence-corrected chi connectivity index (χ1v) is 6.48. The highest BCUT2D eigenvalue weighted by molar-refractivity contribution is 5.37. The van der Waals surface area contributed by atoms with E-state index in [2.05, 4.69) is 28.2 Å². The summed E-state index contributed by atoms with van der Waals surface area (Å²) in [6.07, 6.45) is 8.37. The van der Waals surface area contributed by atoms with Gasteiger partial charge in [-0.3, -0.25) is 0 Å². The lowest BCUT2D eigenvalue weighted by molar-refractivity contribution is 0.410. The maximum absolute atomic E-state index is 5.28.